The maximum Gasteiger partial charge on any atom is 0.338 e. The number of carbonyl (C=O) groups excluding carboxylic acids is 3. The van der Waals surface area contributed by atoms with E-state index in [-0.39, 0.29) is 24.6 Å². The van der Waals surface area contributed by atoms with Gasteiger partial charge in [-0.05, 0) is 43.7 Å². The van der Waals surface area contributed by atoms with E-state index in [1.807, 2.05) is 6.92 Å². The van der Waals surface area contributed by atoms with Gasteiger partial charge in [-0.3, -0.25) is 14.6 Å². The van der Waals surface area contributed by atoms with E-state index in [1.54, 1.807) is 49.2 Å². The van der Waals surface area contributed by atoms with Crippen molar-refractivity contribution in [2.24, 2.45) is 0 Å². The zero-order valence-electron chi connectivity index (χ0n) is 21.0. The van der Waals surface area contributed by atoms with E-state index in [0.717, 1.165) is 0 Å². The molecule has 4 rings (SSSR count). The zero-order valence-corrected chi connectivity index (χ0v) is 21.8. The van der Waals surface area contributed by atoms with Gasteiger partial charge in [-0.25, -0.2) is 14.0 Å². The first kappa shape index (κ1) is 26.6. The molecule has 8 nitrogen and oxygen atoms in total. The predicted octanol–water partition coefficient (Wildman–Crippen LogP) is 3.84. The maximum atomic E-state index is 13.7. The lowest BCUT2D eigenvalue weighted by molar-refractivity contribution is -0.139. The van der Waals surface area contributed by atoms with Crippen molar-refractivity contribution < 1.29 is 23.5 Å². The summed E-state index contributed by atoms with van der Waals surface area (Å²) in [5.41, 5.74) is 1.75. The topological polar surface area (TPSA) is 82.2 Å². The number of halogens is 2. The molecule has 1 N–H and O–H groups in total. The number of benzene rings is 2. The molecule has 2 atom stereocenters. The molecule has 3 amide bonds. The number of amides is 3. The van der Waals surface area contributed by atoms with Crippen LogP contribution in [-0.2, 0) is 9.53 Å². The quantitative estimate of drug-likeness (QED) is 0.576. The maximum absolute atomic E-state index is 13.7. The summed E-state index contributed by atoms with van der Waals surface area (Å²) in [7, 11) is 1.61. The number of ether oxygens (including phenoxy) is 1. The smallest absolute Gasteiger partial charge is 0.338 e. The van der Waals surface area contributed by atoms with Gasteiger partial charge in [-0.15, -0.1) is 0 Å². The molecule has 0 aromatic heterocycles. The average Bonchev–Trinajstić information content (AvgIpc) is 2.87. The molecular weight excluding hydrogens is 499 g/mol. The molecule has 2 aliphatic rings. The van der Waals surface area contributed by atoms with Crippen LogP contribution in [0.15, 0.2) is 59.8 Å². The van der Waals surface area contributed by atoms with E-state index in [0.29, 0.717) is 53.6 Å². The van der Waals surface area contributed by atoms with Gasteiger partial charge in [-0.2, -0.15) is 0 Å². The third-order valence-electron chi connectivity index (χ3n) is 6.71. The van der Waals surface area contributed by atoms with Gasteiger partial charge >= 0.3 is 12.0 Å². The van der Waals surface area contributed by atoms with Crippen LogP contribution < -0.4 is 5.32 Å². The van der Waals surface area contributed by atoms with Gasteiger partial charge in [0.05, 0.1) is 18.2 Å². The van der Waals surface area contributed by atoms with Gasteiger partial charge < -0.3 is 15.0 Å². The largest absolute Gasteiger partial charge is 0.463 e. The van der Waals surface area contributed by atoms with Gasteiger partial charge in [0.2, 0.25) is 0 Å². The van der Waals surface area contributed by atoms with Crippen LogP contribution in [-0.4, -0.2) is 78.5 Å². The van der Waals surface area contributed by atoms with Crippen molar-refractivity contribution in [1.29, 1.82) is 0 Å². The summed E-state index contributed by atoms with van der Waals surface area (Å²) >= 11 is 6.44. The van der Waals surface area contributed by atoms with Crippen molar-refractivity contribution in [3.8, 4) is 0 Å². The molecule has 2 heterocycles. The number of likely N-dealkylation sites (N-methyl/N-ethyl adjacent to an activating group) is 1. The van der Waals surface area contributed by atoms with Crippen molar-refractivity contribution in [2.75, 3.05) is 39.8 Å². The summed E-state index contributed by atoms with van der Waals surface area (Å²) in [6.45, 7) is 5.57. The number of rotatable bonds is 6. The van der Waals surface area contributed by atoms with Crippen LogP contribution in [0.25, 0.3) is 0 Å². The minimum absolute atomic E-state index is 0.168. The Hall–Kier alpha value is -3.43. The summed E-state index contributed by atoms with van der Waals surface area (Å²) in [4.78, 5) is 44.4. The Balaban J connectivity index is 1.61. The number of esters is 1. The fraction of sp³-hybridized carbons (Fsp3) is 0.370. The van der Waals surface area contributed by atoms with Gasteiger partial charge in [0.15, 0.2) is 0 Å². The molecular formula is C27H30ClFN4O4. The predicted molar refractivity (Wildman–Crippen MR) is 137 cm³/mol. The summed E-state index contributed by atoms with van der Waals surface area (Å²) in [6.07, 6.45) is 0. The molecule has 0 saturated carbocycles. The highest BCUT2D eigenvalue weighted by molar-refractivity contribution is 6.31. The minimum Gasteiger partial charge on any atom is -0.463 e. The first-order chi connectivity index (χ1) is 17.7. The van der Waals surface area contributed by atoms with Crippen LogP contribution in [0.4, 0.5) is 9.18 Å². The standard InChI is InChI=1S/C27H30ClFN4O4/c1-4-37-26(35)23-22(31(3)27(36)30-24(23)20-10-5-6-11-21(20)28)16-32-12-13-33(17(2)15-32)25(34)18-8-7-9-19(29)14-18/h5-11,14,17,24H,4,12-13,15-16H2,1-3H3,(H,30,36)/t17-,24+/m1/s1. The van der Waals surface area contributed by atoms with Gasteiger partial charge in [0.1, 0.15) is 5.82 Å². The summed E-state index contributed by atoms with van der Waals surface area (Å²) < 4.78 is 19.0. The highest BCUT2D eigenvalue weighted by atomic mass is 35.5. The van der Waals surface area contributed by atoms with Crippen LogP contribution in [0.3, 0.4) is 0 Å². The number of hydrogen-bond acceptors (Lipinski definition) is 5. The molecule has 0 bridgehead atoms. The fourth-order valence-corrected chi connectivity index (χ4v) is 5.06. The third-order valence-corrected chi connectivity index (χ3v) is 7.05. The van der Waals surface area contributed by atoms with Crippen LogP contribution >= 0.6 is 11.6 Å². The normalized spacial score (nSPS) is 20.6. The number of piperazine rings is 1. The Morgan fingerprint density at radius 2 is 1.92 bits per heavy atom. The summed E-state index contributed by atoms with van der Waals surface area (Å²) in [5.74, 6) is -1.21. The van der Waals surface area contributed by atoms with Crippen molar-refractivity contribution in [2.45, 2.75) is 25.9 Å². The lowest BCUT2D eigenvalue weighted by atomic mass is 9.94. The first-order valence-corrected chi connectivity index (χ1v) is 12.6. The highest BCUT2D eigenvalue weighted by Gasteiger charge is 2.39. The van der Waals surface area contributed by atoms with E-state index in [1.165, 1.54) is 23.1 Å². The SMILES string of the molecule is CCOC(=O)C1=C(CN2CCN(C(=O)c3cccc(F)c3)[C@H](C)C2)N(C)C(=O)N[C@H]1c1ccccc1Cl. The van der Waals surface area contributed by atoms with E-state index >= 15 is 0 Å². The molecule has 2 aromatic rings. The Labute approximate surface area is 220 Å². The number of nitrogens with one attached hydrogen (secondary N) is 1. The Morgan fingerprint density at radius 3 is 2.59 bits per heavy atom. The molecule has 2 aliphatic heterocycles. The van der Waals surface area contributed by atoms with Crippen LogP contribution in [0.2, 0.25) is 5.02 Å². The van der Waals surface area contributed by atoms with E-state index < -0.39 is 17.8 Å². The number of carbonyl (C=O) groups is 3. The lowest BCUT2D eigenvalue weighted by Crippen LogP contribution is -2.56. The number of urea groups is 1. The zero-order chi connectivity index (χ0) is 26.7. The van der Waals surface area contributed by atoms with Crippen LogP contribution in [0, 0.1) is 5.82 Å². The average molecular weight is 529 g/mol. The second-order valence-electron chi connectivity index (χ2n) is 9.14. The Kier molecular flexibility index (Phi) is 8.14. The molecule has 2 aromatic carbocycles. The number of nitrogens with zero attached hydrogens (tertiary/aromatic N) is 3. The molecule has 1 saturated heterocycles. The summed E-state index contributed by atoms with van der Waals surface area (Å²) in [5, 5.41) is 3.30. The van der Waals surface area contributed by atoms with Crippen LogP contribution in [0.1, 0.15) is 35.8 Å². The Morgan fingerprint density at radius 1 is 1.16 bits per heavy atom. The van der Waals surface area contributed by atoms with Crippen molar-refractivity contribution >= 4 is 29.5 Å². The third kappa shape index (κ3) is 5.62. The molecule has 10 heteroatoms. The second-order valence-corrected chi connectivity index (χ2v) is 9.54. The monoisotopic (exact) mass is 528 g/mol. The highest BCUT2D eigenvalue weighted by Crippen LogP contribution is 2.35. The molecule has 37 heavy (non-hydrogen) atoms. The van der Waals surface area contributed by atoms with Crippen molar-refractivity contribution in [3.05, 3.63) is 81.8 Å². The minimum atomic E-state index is -0.764. The molecule has 1 fully saturated rings. The Bertz CT molecular complexity index is 1240. The van der Waals surface area contributed by atoms with E-state index in [4.69, 9.17) is 16.3 Å². The molecule has 0 aliphatic carbocycles. The lowest BCUT2D eigenvalue weighted by Gasteiger charge is -2.42. The van der Waals surface area contributed by atoms with Crippen LogP contribution in [0.5, 0.6) is 0 Å². The molecule has 0 spiro atoms. The second kappa shape index (κ2) is 11.3. The molecule has 0 unspecified atom stereocenters. The van der Waals surface area contributed by atoms with E-state index in [9.17, 15) is 18.8 Å². The fourth-order valence-electron chi connectivity index (χ4n) is 4.82. The van der Waals surface area contributed by atoms with Gasteiger partial charge in [-0.1, -0.05) is 35.9 Å². The number of hydrogen-bond donors (Lipinski definition) is 1. The molecule has 196 valence electrons. The first-order valence-electron chi connectivity index (χ1n) is 12.2. The molecule has 0 radical (unpaired) electrons. The van der Waals surface area contributed by atoms with E-state index in [2.05, 4.69) is 10.2 Å². The summed E-state index contributed by atoms with van der Waals surface area (Å²) in [6, 6.07) is 11.4. The van der Waals surface area contributed by atoms with Crippen molar-refractivity contribution in [3.63, 3.8) is 0 Å². The van der Waals surface area contributed by atoms with Gasteiger partial charge in [0, 0.05) is 55.6 Å². The van der Waals surface area contributed by atoms with Gasteiger partial charge in [0.25, 0.3) is 5.91 Å². The van der Waals surface area contributed by atoms with Crippen molar-refractivity contribution in [1.82, 2.24) is 20.0 Å².